The Morgan fingerprint density at radius 2 is 1.67 bits per heavy atom. The Morgan fingerprint density at radius 3 is 2.44 bits per heavy atom. The number of aryl methyl sites for hydroxylation is 2. The molecular weight excluding hydrogens is 492 g/mol. The van der Waals surface area contributed by atoms with Crippen LogP contribution in [0, 0.1) is 5.82 Å². The van der Waals surface area contributed by atoms with Gasteiger partial charge in [0.2, 0.25) is 0 Å². The van der Waals surface area contributed by atoms with E-state index in [1.807, 2.05) is 6.07 Å². The summed E-state index contributed by atoms with van der Waals surface area (Å²) in [5.41, 5.74) is 11.5. The molecular formula is C34H33F2NO2. The standard InChI is InChI=1S/C34H33F2NO2/c35-14-3-15-37-20-23(21-37)16-22-8-10-24(11-9-22)33-30-13-12-27(34(38)39)17-25(30)4-2-7-31(33)32-19-28(36)18-26-5-1-6-29(26)32/h8-13,16-19H,1-7,14-15,20-21H2,(H,38,39). The molecule has 0 radical (unpaired) electrons. The summed E-state index contributed by atoms with van der Waals surface area (Å²) in [6, 6.07) is 17.4. The molecule has 1 aliphatic heterocycles. The zero-order valence-electron chi connectivity index (χ0n) is 22.1. The van der Waals surface area contributed by atoms with Gasteiger partial charge < -0.3 is 5.11 Å². The smallest absolute Gasteiger partial charge is 0.335 e. The van der Waals surface area contributed by atoms with Crippen molar-refractivity contribution < 1.29 is 18.7 Å². The van der Waals surface area contributed by atoms with Crippen molar-refractivity contribution >= 4 is 23.2 Å². The molecule has 200 valence electrons. The monoisotopic (exact) mass is 525 g/mol. The second kappa shape index (κ2) is 10.9. The van der Waals surface area contributed by atoms with E-state index in [2.05, 4.69) is 35.2 Å². The number of allylic oxidation sites excluding steroid dienone is 1. The van der Waals surface area contributed by atoms with Gasteiger partial charge in [0, 0.05) is 19.6 Å². The maximum absolute atomic E-state index is 14.8. The third kappa shape index (κ3) is 5.20. The van der Waals surface area contributed by atoms with Crippen LogP contribution in [0.5, 0.6) is 0 Å². The van der Waals surface area contributed by atoms with E-state index in [0.29, 0.717) is 12.0 Å². The fourth-order valence-corrected chi connectivity index (χ4v) is 6.50. The molecule has 3 aromatic carbocycles. The number of alkyl halides is 1. The molecule has 2 aliphatic carbocycles. The van der Waals surface area contributed by atoms with Crippen LogP contribution in [0.25, 0.3) is 17.2 Å². The lowest BCUT2D eigenvalue weighted by atomic mass is 9.85. The van der Waals surface area contributed by atoms with Gasteiger partial charge in [-0.2, -0.15) is 0 Å². The van der Waals surface area contributed by atoms with E-state index in [1.54, 1.807) is 24.3 Å². The lowest BCUT2D eigenvalue weighted by Gasteiger charge is -2.33. The zero-order chi connectivity index (χ0) is 26.9. The number of carboxylic acids is 1. The topological polar surface area (TPSA) is 40.5 Å². The Balaban J connectivity index is 1.43. The van der Waals surface area contributed by atoms with Gasteiger partial charge in [0.05, 0.1) is 12.2 Å². The Hall–Kier alpha value is -3.57. The van der Waals surface area contributed by atoms with Crippen LogP contribution in [-0.2, 0) is 19.3 Å². The first kappa shape index (κ1) is 25.7. The molecule has 1 heterocycles. The predicted molar refractivity (Wildman–Crippen MR) is 152 cm³/mol. The molecule has 0 saturated carbocycles. The number of hydrogen-bond donors (Lipinski definition) is 1. The highest BCUT2D eigenvalue weighted by atomic mass is 19.1. The van der Waals surface area contributed by atoms with E-state index in [-0.39, 0.29) is 12.5 Å². The maximum Gasteiger partial charge on any atom is 0.335 e. The first-order valence-electron chi connectivity index (χ1n) is 14.0. The van der Waals surface area contributed by atoms with E-state index < -0.39 is 5.97 Å². The Labute approximate surface area is 228 Å². The third-order valence-electron chi connectivity index (χ3n) is 8.33. The molecule has 5 heteroatoms. The molecule has 0 aromatic heterocycles. The van der Waals surface area contributed by atoms with E-state index in [4.69, 9.17) is 0 Å². The summed E-state index contributed by atoms with van der Waals surface area (Å²) in [5.74, 6) is -1.11. The van der Waals surface area contributed by atoms with Gasteiger partial charge in [0.15, 0.2) is 0 Å². The number of carboxylic acid groups (broad SMARTS) is 1. The van der Waals surface area contributed by atoms with E-state index in [0.717, 1.165) is 103 Å². The zero-order valence-corrected chi connectivity index (χ0v) is 22.1. The molecule has 0 amide bonds. The normalized spacial score (nSPS) is 16.9. The summed E-state index contributed by atoms with van der Waals surface area (Å²) < 4.78 is 27.3. The maximum atomic E-state index is 14.8. The van der Waals surface area contributed by atoms with E-state index in [9.17, 15) is 18.7 Å². The molecule has 6 rings (SSSR count). The fraction of sp³-hybridized carbons (Fsp3) is 0.324. The van der Waals surface area contributed by atoms with Crippen LogP contribution in [0.2, 0.25) is 0 Å². The third-order valence-corrected chi connectivity index (χ3v) is 8.33. The van der Waals surface area contributed by atoms with Gasteiger partial charge in [-0.1, -0.05) is 36.4 Å². The van der Waals surface area contributed by atoms with Crippen LogP contribution in [0.4, 0.5) is 8.78 Å². The minimum atomic E-state index is -0.924. The molecule has 0 bridgehead atoms. The SMILES string of the molecule is O=C(O)c1ccc2c(c1)CCCC(c1cc(F)cc3c1CCC3)=C2c1ccc(C=C2CN(CCCF)C2)cc1. The number of rotatable bonds is 7. The van der Waals surface area contributed by atoms with Crippen molar-refractivity contribution in [1.82, 2.24) is 4.90 Å². The number of fused-ring (bicyclic) bond motifs is 2. The van der Waals surface area contributed by atoms with Gasteiger partial charge in [0.25, 0.3) is 0 Å². The van der Waals surface area contributed by atoms with Crippen LogP contribution >= 0.6 is 0 Å². The highest BCUT2D eigenvalue weighted by Crippen LogP contribution is 2.43. The van der Waals surface area contributed by atoms with E-state index >= 15 is 0 Å². The molecule has 1 saturated heterocycles. The van der Waals surface area contributed by atoms with Crippen LogP contribution in [0.1, 0.15) is 75.0 Å². The van der Waals surface area contributed by atoms with Crippen molar-refractivity contribution in [3.8, 4) is 0 Å². The molecule has 39 heavy (non-hydrogen) atoms. The van der Waals surface area contributed by atoms with Gasteiger partial charge >= 0.3 is 5.97 Å². The van der Waals surface area contributed by atoms with Gasteiger partial charge in [-0.15, -0.1) is 0 Å². The van der Waals surface area contributed by atoms with E-state index in [1.165, 1.54) is 11.1 Å². The minimum absolute atomic E-state index is 0.189. The summed E-state index contributed by atoms with van der Waals surface area (Å²) >= 11 is 0. The number of benzene rings is 3. The number of halogens is 2. The van der Waals surface area contributed by atoms with Gasteiger partial charge in [-0.05, 0) is 125 Å². The quantitative estimate of drug-likeness (QED) is 0.350. The molecule has 0 spiro atoms. The summed E-state index contributed by atoms with van der Waals surface area (Å²) in [7, 11) is 0. The molecule has 1 fully saturated rings. The van der Waals surface area contributed by atoms with Crippen molar-refractivity contribution in [1.29, 1.82) is 0 Å². The highest BCUT2D eigenvalue weighted by molar-refractivity contribution is 6.01. The number of nitrogens with zero attached hydrogens (tertiary/aromatic N) is 1. The van der Waals surface area contributed by atoms with Crippen LogP contribution in [0.15, 0.2) is 60.2 Å². The lowest BCUT2D eigenvalue weighted by Crippen LogP contribution is -2.40. The Bertz CT molecular complexity index is 1480. The largest absolute Gasteiger partial charge is 0.478 e. The summed E-state index contributed by atoms with van der Waals surface area (Å²) in [6.07, 6.45) is 8.18. The average molecular weight is 526 g/mol. The van der Waals surface area contributed by atoms with Crippen molar-refractivity contribution in [2.24, 2.45) is 0 Å². The van der Waals surface area contributed by atoms with Crippen LogP contribution in [0.3, 0.4) is 0 Å². The van der Waals surface area contributed by atoms with Crippen molar-refractivity contribution in [3.63, 3.8) is 0 Å². The highest BCUT2D eigenvalue weighted by Gasteiger charge is 2.26. The Kier molecular flexibility index (Phi) is 7.18. The number of carbonyl (C=O) groups is 1. The van der Waals surface area contributed by atoms with Crippen LogP contribution < -0.4 is 0 Å². The summed E-state index contributed by atoms with van der Waals surface area (Å²) in [6.45, 7) is 2.31. The average Bonchev–Trinajstić information content (AvgIpc) is 3.30. The number of hydrogen-bond acceptors (Lipinski definition) is 2. The van der Waals surface area contributed by atoms with Gasteiger partial charge in [0.1, 0.15) is 5.82 Å². The fourth-order valence-electron chi connectivity index (χ4n) is 6.50. The van der Waals surface area contributed by atoms with Crippen LogP contribution in [-0.4, -0.2) is 42.3 Å². The Morgan fingerprint density at radius 1 is 0.897 bits per heavy atom. The van der Waals surface area contributed by atoms with Gasteiger partial charge in [-0.25, -0.2) is 9.18 Å². The number of likely N-dealkylation sites (tertiary alicyclic amines) is 1. The van der Waals surface area contributed by atoms with Crippen molar-refractivity contribution in [2.45, 2.75) is 44.9 Å². The second-order valence-electron chi connectivity index (χ2n) is 11.0. The first-order valence-corrected chi connectivity index (χ1v) is 14.0. The first-order chi connectivity index (χ1) is 19.0. The van der Waals surface area contributed by atoms with Crippen molar-refractivity contribution in [3.05, 3.63) is 110 Å². The molecule has 1 N–H and O–H groups in total. The summed E-state index contributed by atoms with van der Waals surface area (Å²) in [4.78, 5) is 14.0. The molecule has 3 aromatic rings. The molecule has 0 unspecified atom stereocenters. The predicted octanol–water partition coefficient (Wildman–Crippen LogP) is 7.37. The molecule has 3 nitrogen and oxygen atoms in total. The number of aromatic carboxylic acids is 1. The second-order valence-corrected chi connectivity index (χ2v) is 11.0. The minimum Gasteiger partial charge on any atom is -0.478 e. The van der Waals surface area contributed by atoms with Crippen molar-refractivity contribution in [2.75, 3.05) is 26.3 Å². The summed E-state index contributed by atoms with van der Waals surface area (Å²) in [5, 5.41) is 9.61. The molecule has 0 atom stereocenters. The van der Waals surface area contributed by atoms with Gasteiger partial charge in [-0.3, -0.25) is 9.29 Å². The lowest BCUT2D eigenvalue weighted by molar-refractivity contribution is 0.0696. The molecule has 3 aliphatic rings.